The van der Waals surface area contributed by atoms with Gasteiger partial charge in [0.05, 0.1) is 5.69 Å². The maximum atomic E-state index is 4.29. The SMILES string of the molecule is Cc1cc(-c2ccccc2)nnc1Nc1ccccc1. The predicted molar refractivity (Wildman–Crippen MR) is 81.9 cm³/mol. The lowest BCUT2D eigenvalue weighted by Crippen LogP contribution is -1.99. The first-order valence-corrected chi connectivity index (χ1v) is 6.55. The van der Waals surface area contributed by atoms with Crippen molar-refractivity contribution in [3.63, 3.8) is 0 Å². The Labute approximate surface area is 118 Å². The second kappa shape index (κ2) is 5.53. The summed E-state index contributed by atoms with van der Waals surface area (Å²) in [6.07, 6.45) is 0. The van der Waals surface area contributed by atoms with Crippen LogP contribution in [0.4, 0.5) is 11.5 Å². The quantitative estimate of drug-likeness (QED) is 0.768. The minimum absolute atomic E-state index is 0.788. The molecule has 0 atom stereocenters. The summed E-state index contributed by atoms with van der Waals surface area (Å²) in [5, 5.41) is 11.9. The Balaban J connectivity index is 1.89. The molecule has 1 aromatic heterocycles. The molecule has 0 aliphatic rings. The number of hydrogen-bond donors (Lipinski definition) is 1. The predicted octanol–water partition coefficient (Wildman–Crippen LogP) is 4.20. The number of aryl methyl sites for hydroxylation is 1. The molecule has 0 fully saturated rings. The molecule has 0 aliphatic heterocycles. The van der Waals surface area contributed by atoms with E-state index in [-0.39, 0.29) is 0 Å². The minimum atomic E-state index is 0.788. The molecule has 98 valence electrons. The summed E-state index contributed by atoms with van der Waals surface area (Å²) in [4.78, 5) is 0. The van der Waals surface area contributed by atoms with Crippen LogP contribution in [0, 0.1) is 6.92 Å². The van der Waals surface area contributed by atoms with Crippen LogP contribution in [0.1, 0.15) is 5.56 Å². The monoisotopic (exact) mass is 261 g/mol. The van der Waals surface area contributed by atoms with Crippen molar-refractivity contribution in [1.82, 2.24) is 10.2 Å². The van der Waals surface area contributed by atoms with Crippen LogP contribution in [-0.4, -0.2) is 10.2 Å². The Bertz CT molecular complexity index is 694. The number of nitrogens with one attached hydrogen (secondary N) is 1. The molecule has 0 saturated carbocycles. The normalized spacial score (nSPS) is 10.2. The maximum absolute atomic E-state index is 4.29. The standard InChI is InChI=1S/C17H15N3/c1-13-12-16(14-8-4-2-5-9-14)19-20-17(13)18-15-10-6-3-7-11-15/h2-12H,1H3,(H,18,20). The highest BCUT2D eigenvalue weighted by Gasteiger charge is 2.05. The van der Waals surface area contributed by atoms with E-state index in [0.29, 0.717) is 0 Å². The van der Waals surface area contributed by atoms with Crippen LogP contribution in [0.5, 0.6) is 0 Å². The van der Waals surface area contributed by atoms with Gasteiger partial charge >= 0.3 is 0 Å². The Kier molecular flexibility index (Phi) is 3.42. The van der Waals surface area contributed by atoms with Crippen LogP contribution in [0.3, 0.4) is 0 Å². The molecule has 0 unspecified atom stereocenters. The van der Waals surface area contributed by atoms with E-state index in [1.165, 1.54) is 0 Å². The van der Waals surface area contributed by atoms with Gasteiger partial charge in [-0.15, -0.1) is 10.2 Å². The van der Waals surface area contributed by atoms with Crippen LogP contribution in [0.2, 0.25) is 0 Å². The summed E-state index contributed by atoms with van der Waals surface area (Å²) in [5.41, 5.74) is 4.05. The molecule has 2 aromatic carbocycles. The van der Waals surface area contributed by atoms with Crippen molar-refractivity contribution in [2.75, 3.05) is 5.32 Å². The molecule has 1 N–H and O–H groups in total. The fourth-order valence-corrected chi connectivity index (χ4v) is 2.02. The second-order valence-electron chi connectivity index (χ2n) is 4.62. The first-order chi connectivity index (χ1) is 9.83. The van der Waals surface area contributed by atoms with Crippen molar-refractivity contribution in [1.29, 1.82) is 0 Å². The average molecular weight is 261 g/mol. The third-order valence-corrected chi connectivity index (χ3v) is 3.09. The Morgan fingerprint density at radius 2 is 1.45 bits per heavy atom. The number of nitrogens with zero attached hydrogens (tertiary/aromatic N) is 2. The zero-order valence-corrected chi connectivity index (χ0v) is 11.2. The minimum Gasteiger partial charge on any atom is -0.339 e. The second-order valence-corrected chi connectivity index (χ2v) is 4.62. The highest BCUT2D eigenvalue weighted by Crippen LogP contribution is 2.22. The number of aromatic nitrogens is 2. The highest BCUT2D eigenvalue weighted by molar-refractivity contribution is 5.64. The maximum Gasteiger partial charge on any atom is 0.156 e. The number of benzene rings is 2. The summed E-state index contributed by atoms with van der Waals surface area (Å²) in [6, 6.07) is 22.1. The molecular formula is C17H15N3. The van der Waals surface area contributed by atoms with Crippen molar-refractivity contribution in [2.45, 2.75) is 6.92 Å². The zero-order valence-electron chi connectivity index (χ0n) is 11.2. The van der Waals surface area contributed by atoms with Crippen molar-refractivity contribution >= 4 is 11.5 Å². The Hall–Kier alpha value is -2.68. The molecule has 0 radical (unpaired) electrons. The van der Waals surface area contributed by atoms with E-state index in [0.717, 1.165) is 28.3 Å². The molecule has 20 heavy (non-hydrogen) atoms. The first-order valence-electron chi connectivity index (χ1n) is 6.55. The van der Waals surface area contributed by atoms with Gasteiger partial charge in [-0.05, 0) is 30.7 Å². The molecule has 3 aromatic rings. The smallest absolute Gasteiger partial charge is 0.156 e. The van der Waals surface area contributed by atoms with Crippen molar-refractivity contribution in [2.24, 2.45) is 0 Å². The molecule has 3 rings (SSSR count). The molecule has 0 aliphatic carbocycles. The number of anilines is 2. The molecule has 3 heteroatoms. The van der Waals surface area contributed by atoms with Gasteiger partial charge < -0.3 is 5.32 Å². The third kappa shape index (κ3) is 2.67. The lowest BCUT2D eigenvalue weighted by atomic mass is 10.1. The number of para-hydroxylation sites is 1. The summed E-state index contributed by atoms with van der Waals surface area (Å²) < 4.78 is 0. The molecule has 0 amide bonds. The molecule has 0 saturated heterocycles. The lowest BCUT2D eigenvalue weighted by molar-refractivity contribution is 1.03. The first kappa shape index (κ1) is 12.4. The fourth-order valence-electron chi connectivity index (χ4n) is 2.02. The Morgan fingerprint density at radius 1 is 0.800 bits per heavy atom. The van der Waals surface area contributed by atoms with E-state index in [9.17, 15) is 0 Å². The topological polar surface area (TPSA) is 37.8 Å². The summed E-state index contributed by atoms with van der Waals surface area (Å²) in [5.74, 6) is 0.788. The largest absolute Gasteiger partial charge is 0.339 e. The third-order valence-electron chi connectivity index (χ3n) is 3.09. The molecule has 0 bridgehead atoms. The van der Waals surface area contributed by atoms with Crippen LogP contribution < -0.4 is 5.32 Å². The number of hydrogen-bond acceptors (Lipinski definition) is 3. The van der Waals surface area contributed by atoms with Gasteiger partial charge in [0.2, 0.25) is 0 Å². The van der Waals surface area contributed by atoms with E-state index in [1.807, 2.05) is 73.7 Å². The highest BCUT2D eigenvalue weighted by atomic mass is 15.2. The molecular weight excluding hydrogens is 246 g/mol. The van der Waals surface area contributed by atoms with Gasteiger partial charge in [-0.3, -0.25) is 0 Å². The average Bonchev–Trinajstić information content (AvgIpc) is 2.51. The fraction of sp³-hybridized carbons (Fsp3) is 0.0588. The van der Waals surface area contributed by atoms with Crippen molar-refractivity contribution < 1.29 is 0 Å². The molecule has 0 spiro atoms. The Morgan fingerprint density at radius 3 is 2.10 bits per heavy atom. The summed E-state index contributed by atoms with van der Waals surface area (Å²) >= 11 is 0. The van der Waals surface area contributed by atoms with E-state index in [4.69, 9.17) is 0 Å². The van der Waals surface area contributed by atoms with E-state index >= 15 is 0 Å². The summed E-state index contributed by atoms with van der Waals surface area (Å²) in [7, 11) is 0. The van der Waals surface area contributed by atoms with Gasteiger partial charge in [0.15, 0.2) is 5.82 Å². The molecule has 1 heterocycles. The van der Waals surface area contributed by atoms with E-state index in [1.54, 1.807) is 0 Å². The van der Waals surface area contributed by atoms with Gasteiger partial charge in [-0.1, -0.05) is 48.5 Å². The lowest BCUT2D eigenvalue weighted by Gasteiger charge is -2.09. The van der Waals surface area contributed by atoms with Gasteiger partial charge in [-0.25, -0.2) is 0 Å². The number of rotatable bonds is 3. The van der Waals surface area contributed by atoms with Crippen LogP contribution >= 0.6 is 0 Å². The van der Waals surface area contributed by atoms with E-state index < -0.39 is 0 Å². The van der Waals surface area contributed by atoms with Crippen molar-refractivity contribution in [3.05, 3.63) is 72.3 Å². The summed E-state index contributed by atoms with van der Waals surface area (Å²) in [6.45, 7) is 2.03. The van der Waals surface area contributed by atoms with Gasteiger partial charge in [0, 0.05) is 11.3 Å². The van der Waals surface area contributed by atoms with Gasteiger partial charge in [0.25, 0.3) is 0 Å². The van der Waals surface area contributed by atoms with Crippen LogP contribution in [0.15, 0.2) is 66.7 Å². The van der Waals surface area contributed by atoms with Crippen molar-refractivity contribution in [3.8, 4) is 11.3 Å². The van der Waals surface area contributed by atoms with Gasteiger partial charge in [-0.2, -0.15) is 0 Å². The van der Waals surface area contributed by atoms with Crippen LogP contribution in [-0.2, 0) is 0 Å². The van der Waals surface area contributed by atoms with Crippen LogP contribution in [0.25, 0.3) is 11.3 Å². The van der Waals surface area contributed by atoms with E-state index in [2.05, 4.69) is 15.5 Å². The molecule has 3 nitrogen and oxygen atoms in total. The zero-order chi connectivity index (χ0) is 13.8. The van der Waals surface area contributed by atoms with Gasteiger partial charge in [0.1, 0.15) is 0 Å².